The quantitative estimate of drug-likeness (QED) is 0.674. The Morgan fingerprint density at radius 2 is 2.42 bits per heavy atom. The zero-order chi connectivity index (χ0) is 8.55. The highest BCUT2D eigenvalue weighted by Gasteiger charge is 2.22. The highest BCUT2D eigenvalue weighted by molar-refractivity contribution is 8.01. The van der Waals surface area contributed by atoms with Gasteiger partial charge < -0.3 is 10.1 Å². The summed E-state index contributed by atoms with van der Waals surface area (Å²) < 4.78 is 13.0. The Labute approximate surface area is 73.2 Å². The molecule has 0 amide bonds. The lowest BCUT2D eigenvalue weighted by Gasteiger charge is -1.98. The summed E-state index contributed by atoms with van der Waals surface area (Å²) in [5, 5.41) is 2.54. The minimum Gasteiger partial charge on any atom is -0.366 e. The first-order valence-electron chi connectivity index (χ1n) is 3.48. The van der Waals surface area contributed by atoms with Gasteiger partial charge in [0, 0.05) is 0 Å². The molecule has 1 aromatic carbocycles. The molecule has 0 saturated carbocycles. The topological polar surface area (TPSA) is 29.1 Å². The summed E-state index contributed by atoms with van der Waals surface area (Å²) in [6, 6.07) is 4.77. The third-order valence-corrected chi connectivity index (χ3v) is 2.77. The average molecular weight is 183 g/mol. The Kier molecular flexibility index (Phi) is 1.77. The molecule has 0 fully saturated rings. The lowest BCUT2D eigenvalue weighted by Crippen LogP contribution is -2.10. The highest BCUT2D eigenvalue weighted by Crippen LogP contribution is 2.38. The SMILES string of the molecule is O=CC1Nc2cccc(F)c2S1. The maximum atomic E-state index is 13.0. The number of hydrogen-bond acceptors (Lipinski definition) is 3. The number of halogens is 1. The summed E-state index contributed by atoms with van der Waals surface area (Å²) in [5.74, 6) is -0.269. The van der Waals surface area contributed by atoms with Crippen LogP contribution in [-0.2, 0) is 4.79 Å². The summed E-state index contributed by atoms with van der Waals surface area (Å²) in [7, 11) is 0. The Hall–Kier alpha value is -1.03. The Bertz CT molecular complexity index is 329. The second kappa shape index (κ2) is 2.79. The molecule has 1 aliphatic rings. The third-order valence-electron chi connectivity index (χ3n) is 1.63. The number of nitrogens with one attached hydrogen (secondary N) is 1. The molecule has 1 heterocycles. The molecule has 2 rings (SSSR count). The van der Waals surface area contributed by atoms with E-state index in [1.807, 2.05) is 0 Å². The molecule has 12 heavy (non-hydrogen) atoms. The van der Waals surface area contributed by atoms with Crippen LogP contribution in [0.1, 0.15) is 0 Å². The first kappa shape index (κ1) is 7.61. The zero-order valence-corrected chi connectivity index (χ0v) is 6.90. The lowest BCUT2D eigenvalue weighted by molar-refractivity contribution is -0.107. The summed E-state index contributed by atoms with van der Waals surface area (Å²) in [6.45, 7) is 0. The number of hydrogen-bond donors (Lipinski definition) is 1. The van der Waals surface area contributed by atoms with E-state index in [1.54, 1.807) is 12.1 Å². The van der Waals surface area contributed by atoms with Crippen LogP contribution in [0.2, 0.25) is 0 Å². The normalized spacial score (nSPS) is 19.9. The molecule has 1 aromatic rings. The number of thioether (sulfide) groups is 1. The zero-order valence-electron chi connectivity index (χ0n) is 6.08. The average Bonchev–Trinajstić information content (AvgIpc) is 2.49. The van der Waals surface area contributed by atoms with Gasteiger partial charge in [-0.3, -0.25) is 0 Å². The van der Waals surface area contributed by atoms with E-state index in [-0.39, 0.29) is 11.2 Å². The van der Waals surface area contributed by atoms with Crippen molar-refractivity contribution in [3.05, 3.63) is 24.0 Å². The van der Waals surface area contributed by atoms with Gasteiger partial charge in [-0.2, -0.15) is 0 Å². The van der Waals surface area contributed by atoms with E-state index in [0.717, 1.165) is 6.29 Å². The van der Waals surface area contributed by atoms with Crippen molar-refractivity contribution in [3.63, 3.8) is 0 Å². The third kappa shape index (κ3) is 1.08. The van der Waals surface area contributed by atoms with Crippen LogP contribution in [0.5, 0.6) is 0 Å². The van der Waals surface area contributed by atoms with E-state index in [2.05, 4.69) is 5.32 Å². The van der Waals surface area contributed by atoms with Crippen molar-refractivity contribution < 1.29 is 9.18 Å². The maximum Gasteiger partial charge on any atom is 0.152 e. The first-order chi connectivity index (χ1) is 5.81. The van der Waals surface area contributed by atoms with Crippen molar-refractivity contribution in [2.24, 2.45) is 0 Å². The fourth-order valence-corrected chi connectivity index (χ4v) is 2.04. The molecule has 1 N–H and O–H groups in total. The van der Waals surface area contributed by atoms with Gasteiger partial charge in [0.15, 0.2) is 6.29 Å². The number of rotatable bonds is 1. The van der Waals surface area contributed by atoms with Crippen molar-refractivity contribution >= 4 is 23.7 Å². The predicted molar refractivity (Wildman–Crippen MR) is 45.7 cm³/mol. The fourth-order valence-electron chi connectivity index (χ4n) is 1.11. The fraction of sp³-hybridized carbons (Fsp3) is 0.125. The Morgan fingerprint density at radius 3 is 3.08 bits per heavy atom. The summed E-state index contributed by atoms with van der Waals surface area (Å²) >= 11 is 1.21. The van der Waals surface area contributed by atoms with Gasteiger partial charge in [-0.05, 0) is 12.1 Å². The van der Waals surface area contributed by atoms with Crippen LogP contribution in [0.15, 0.2) is 23.1 Å². The number of fused-ring (bicyclic) bond motifs is 1. The summed E-state index contributed by atoms with van der Waals surface area (Å²) in [6.07, 6.45) is 0.768. The second-order valence-electron chi connectivity index (χ2n) is 2.44. The molecule has 0 bridgehead atoms. The van der Waals surface area contributed by atoms with Crippen molar-refractivity contribution in [1.82, 2.24) is 0 Å². The molecule has 1 aliphatic heterocycles. The van der Waals surface area contributed by atoms with E-state index in [0.29, 0.717) is 10.6 Å². The maximum absolute atomic E-state index is 13.0. The molecule has 0 aromatic heterocycles. The van der Waals surface area contributed by atoms with Crippen LogP contribution in [0.4, 0.5) is 10.1 Å². The smallest absolute Gasteiger partial charge is 0.152 e. The monoisotopic (exact) mass is 183 g/mol. The van der Waals surface area contributed by atoms with Gasteiger partial charge in [-0.1, -0.05) is 17.8 Å². The molecule has 1 unspecified atom stereocenters. The Balaban J connectivity index is 2.41. The first-order valence-corrected chi connectivity index (χ1v) is 4.36. The van der Waals surface area contributed by atoms with E-state index >= 15 is 0 Å². The Morgan fingerprint density at radius 1 is 1.58 bits per heavy atom. The number of carbonyl (C=O) groups is 1. The largest absolute Gasteiger partial charge is 0.366 e. The van der Waals surface area contributed by atoms with Crippen LogP contribution in [0.25, 0.3) is 0 Å². The van der Waals surface area contributed by atoms with Crippen molar-refractivity contribution in [3.8, 4) is 0 Å². The van der Waals surface area contributed by atoms with E-state index in [9.17, 15) is 9.18 Å². The number of benzene rings is 1. The van der Waals surface area contributed by atoms with Crippen LogP contribution in [0, 0.1) is 5.82 Å². The predicted octanol–water partition coefficient (Wildman–Crippen LogP) is 1.87. The molecule has 2 nitrogen and oxygen atoms in total. The van der Waals surface area contributed by atoms with Crippen LogP contribution < -0.4 is 5.32 Å². The number of anilines is 1. The van der Waals surface area contributed by atoms with Crippen molar-refractivity contribution in [1.29, 1.82) is 0 Å². The molecule has 0 aliphatic carbocycles. The van der Waals surface area contributed by atoms with E-state index in [1.165, 1.54) is 17.8 Å². The molecule has 62 valence electrons. The molecule has 0 spiro atoms. The minimum atomic E-state index is -0.336. The van der Waals surface area contributed by atoms with E-state index in [4.69, 9.17) is 0 Å². The molecule has 4 heteroatoms. The highest BCUT2D eigenvalue weighted by atomic mass is 32.2. The molecule has 1 atom stereocenters. The minimum absolute atomic E-state index is 0.269. The molecular formula is C8H6FNOS. The van der Waals surface area contributed by atoms with Crippen molar-refractivity contribution in [2.45, 2.75) is 10.3 Å². The van der Waals surface area contributed by atoms with Crippen LogP contribution >= 0.6 is 11.8 Å². The second-order valence-corrected chi connectivity index (χ2v) is 3.59. The molecule has 0 saturated heterocycles. The number of aldehydes is 1. The molecule has 0 radical (unpaired) electrons. The standard InChI is InChI=1S/C8H6FNOS/c9-5-2-1-3-6-8(5)12-7(4-11)10-6/h1-4,7,10H. The van der Waals surface area contributed by atoms with Gasteiger partial charge in [0.25, 0.3) is 0 Å². The van der Waals surface area contributed by atoms with Gasteiger partial charge in [-0.25, -0.2) is 4.39 Å². The van der Waals surface area contributed by atoms with Crippen molar-refractivity contribution in [2.75, 3.05) is 5.32 Å². The number of carbonyl (C=O) groups excluding carboxylic acids is 1. The van der Waals surface area contributed by atoms with Gasteiger partial charge >= 0.3 is 0 Å². The van der Waals surface area contributed by atoms with E-state index < -0.39 is 0 Å². The van der Waals surface area contributed by atoms with Gasteiger partial charge in [0.2, 0.25) is 0 Å². The van der Waals surface area contributed by atoms with Gasteiger partial charge in [0.05, 0.1) is 10.6 Å². The van der Waals surface area contributed by atoms with Crippen LogP contribution in [-0.4, -0.2) is 11.7 Å². The van der Waals surface area contributed by atoms with Gasteiger partial charge in [-0.15, -0.1) is 0 Å². The van der Waals surface area contributed by atoms with Gasteiger partial charge in [0.1, 0.15) is 11.2 Å². The molecular weight excluding hydrogens is 177 g/mol. The lowest BCUT2D eigenvalue weighted by atomic mass is 10.3. The summed E-state index contributed by atoms with van der Waals surface area (Å²) in [5.41, 5.74) is 0.706. The van der Waals surface area contributed by atoms with Crippen LogP contribution in [0.3, 0.4) is 0 Å². The summed E-state index contributed by atoms with van der Waals surface area (Å²) in [4.78, 5) is 10.9.